The van der Waals surface area contributed by atoms with Crippen molar-refractivity contribution in [2.45, 2.75) is 38.8 Å². The van der Waals surface area contributed by atoms with Crippen LogP contribution in [0.2, 0.25) is 0 Å². The van der Waals surface area contributed by atoms with Gasteiger partial charge in [0.25, 0.3) is 0 Å². The largest absolute Gasteiger partial charge is 0.468 e. The summed E-state index contributed by atoms with van der Waals surface area (Å²) in [5.74, 6) is -0.357. The number of carbonyl (C=O) groups is 2. The fraction of sp³-hybridized carbons (Fsp3) is 0.529. The SMILES string of the molecule is CCN(CC)C(=O)[C@@H]1C(=O)N[C@]2(C)C[C@@H]1c1ccccc1O2. The summed E-state index contributed by atoms with van der Waals surface area (Å²) < 4.78 is 5.95. The molecule has 3 rings (SSSR count). The Morgan fingerprint density at radius 3 is 2.73 bits per heavy atom. The molecular formula is C17H22N2O3. The Morgan fingerprint density at radius 1 is 1.36 bits per heavy atom. The Morgan fingerprint density at radius 2 is 2.05 bits per heavy atom. The van der Waals surface area contributed by atoms with Gasteiger partial charge in [0.15, 0.2) is 5.72 Å². The summed E-state index contributed by atoms with van der Waals surface area (Å²) in [7, 11) is 0. The fourth-order valence-corrected chi connectivity index (χ4v) is 3.61. The molecule has 2 aliphatic rings. The average Bonchev–Trinajstić information content (AvgIpc) is 2.47. The summed E-state index contributed by atoms with van der Waals surface area (Å²) >= 11 is 0. The van der Waals surface area contributed by atoms with Gasteiger partial charge in [0.1, 0.15) is 11.7 Å². The fourth-order valence-electron chi connectivity index (χ4n) is 3.61. The second kappa shape index (κ2) is 5.30. The first kappa shape index (κ1) is 14.9. The van der Waals surface area contributed by atoms with Gasteiger partial charge in [0, 0.05) is 25.4 Å². The zero-order valence-electron chi connectivity index (χ0n) is 13.3. The zero-order chi connectivity index (χ0) is 15.9. The van der Waals surface area contributed by atoms with Crippen molar-refractivity contribution in [1.29, 1.82) is 0 Å². The van der Waals surface area contributed by atoms with Crippen molar-refractivity contribution in [3.63, 3.8) is 0 Å². The van der Waals surface area contributed by atoms with E-state index >= 15 is 0 Å². The summed E-state index contributed by atoms with van der Waals surface area (Å²) in [5, 5.41) is 2.89. The lowest BCUT2D eigenvalue weighted by Gasteiger charge is -2.47. The number of hydrogen-bond donors (Lipinski definition) is 1. The number of benzene rings is 1. The summed E-state index contributed by atoms with van der Waals surface area (Å²) in [6.45, 7) is 6.96. The molecule has 1 N–H and O–H groups in total. The highest BCUT2D eigenvalue weighted by Crippen LogP contribution is 2.46. The number of nitrogens with zero attached hydrogens (tertiary/aromatic N) is 1. The Kier molecular flexibility index (Phi) is 3.59. The molecule has 0 radical (unpaired) electrons. The van der Waals surface area contributed by atoms with Crippen LogP contribution in [-0.2, 0) is 9.59 Å². The molecule has 0 unspecified atom stereocenters. The van der Waals surface area contributed by atoms with E-state index in [9.17, 15) is 9.59 Å². The van der Waals surface area contributed by atoms with E-state index < -0.39 is 11.6 Å². The van der Waals surface area contributed by atoms with Gasteiger partial charge in [0.2, 0.25) is 11.8 Å². The molecule has 5 heteroatoms. The second-order valence-corrected chi connectivity index (χ2v) is 6.16. The summed E-state index contributed by atoms with van der Waals surface area (Å²) in [5.41, 5.74) is 0.233. The van der Waals surface area contributed by atoms with Crippen LogP contribution in [0.4, 0.5) is 0 Å². The number of hydrogen-bond acceptors (Lipinski definition) is 3. The van der Waals surface area contributed by atoms with Crippen LogP contribution in [0.3, 0.4) is 0 Å². The van der Waals surface area contributed by atoms with Gasteiger partial charge in [-0.2, -0.15) is 0 Å². The standard InChI is InChI=1S/C17H22N2O3/c1-4-19(5-2)16(21)14-12-10-17(3,18-15(14)20)22-13-9-7-6-8-11(12)13/h6-9,12,14H,4-5,10H2,1-3H3,(H,18,20)/t12-,14+,17+/m1/s1. The van der Waals surface area contributed by atoms with E-state index in [2.05, 4.69) is 5.32 Å². The third kappa shape index (κ3) is 2.25. The predicted octanol–water partition coefficient (Wildman–Crippen LogP) is 1.88. The third-order valence-electron chi connectivity index (χ3n) is 4.68. The third-order valence-corrected chi connectivity index (χ3v) is 4.68. The summed E-state index contributed by atoms with van der Waals surface area (Å²) in [6.07, 6.45) is 0.618. The minimum Gasteiger partial charge on any atom is -0.468 e. The van der Waals surface area contributed by atoms with Crippen LogP contribution in [0.5, 0.6) is 5.75 Å². The number of amides is 2. The Balaban J connectivity index is 2.03. The van der Waals surface area contributed by atoms with Gasteiger partial charge in [-0.1, -0.05) is 18.2 Å². The van der Waals surface area contributed by atoms with Crippen LogP contribution in [0.15, 0.2) is 24.3 Å². The van der Waals surface area contributed by atoms with E-state index in [1.807, 2.05) is 45.0 Å². The maximum Gasteiger partial charge on any atom is 0.236 e. The van der Waals surface area contributed by atoms with Gasteiger partial charge in [-0.15, -0.1) is 0 Å². The molecule has 1 aromatic rings. The molecule has 0 aromatic heterocycles. The molecule has 2 amide bonds. The molecule has 22 heavy (non-hydrogen) atoms. The Labute approximate surface area is 130 Å². The number of carbonyl (C=O) groups excluding carboxylic acids is 2. The maximum atomic E-state index is 12.8. The molecule has 2 bridgehead atoms. The molecule has 0 saturated carbocycles. The topological polar surface area (TPSA) is 58.6 Å². The van der Waals surface area contributed by atoms with Crippen LogP contribution >= 0.6 is 0 Å². The monoisotopic (exact) mass is 302 g/mol. The molecule has 5 nitrogen and oxygen atoms in total. The second-order valence-electron chi connectivity index (χ2n) is 6.16. The lowest BCUT2D eigenvalue weighted by molar-refractivity contribution is -0.152. The van der Waals surface area contributed by atoms with Gasteiger partial charge >= 0.3 is 0 Å². The first-order chi connectivity index (χ1) is 10.5. The molecule has 2 aliphatic heterocycles. The smallest absolute Gasteiger partial charge is 0.236 e. The van der Waals surface area contributed by atoms with Crippen molar-refractivity contribution in [2.75, 3.05) is 13.1 Å². The highest BCUT2D eigenvalue weighted by atomic mass is 16.5. The van der Waals surface area contributed by atoms with Gasteiger partial charge in [-0.25, -0.2) is 0 Å². The molecular weight excluding hydrogens is 280 g/mol. The number of nitrogens with one attached hydrogen (secondary N) is 1. The highest BCUT2D eigenvalue weighted by Gasteiger charge is 2.52. The van der Waals surface area contributed by atoms with Crippen molar-refractivity contribution in [2.24, 2.45) is 5.92 Å². The summed E-state index contributed by atoms with van der Waals surface area (Å²) in [6, 6.07) is 7.69. The van der Waals surface area contributed by atoms with E-state index in [1.54, 1.807) is 4.90 Å². The van der Waals surface area contributed by atoms with Crippen molar-refractivity contribution >= 4 is 11.8 Å². The molecule has 118 valence electrons. The lowest BCUT2D eigenvalue weighted by atomic mass is 9.74. The zero-order valence-corrected chi connectivity index (χ0v) is 13.3. The average molecular weight is 302 g/mol. The lowest BCUT2D eigenvalue weighted by Crippen LogP contribution is -2.63. The Bertz CT molecular complexity index is 612. The summed E-state index contributed by atoms with van der Waals surface area (Å²) in [4.78, 5) is 27.1. The normalized spacial score (nSPS) is 29.1. The molecule has 0 spiro atoms. The van der Waals surface area contributed by atoms with E-state index in [0.717, 1.165) is 11.3 Å². The first-order valence-electron chi connectivity index (χ1n) is 7.88. The highest BCUT2D eigenvalue weighted by molar-refractivity contribution is 6.02. The van der Waals surface area contributed by atoms with Crippen molar-refractivity contribution in [3.8, 4) is 5.75 Å². The van der Waals surface area contributed by atoms with Crippen LogP contribution in [0.1, 0.15) is 38.7 Å². The number of piperidine rings is 1. The van der Waals surface area contributed by atoms with Gasteiger partial charge in [-0.3, -0.25) is 9.59 Å². The van der Waals surface area contributed by atoms with Gasteiger partial charge in [-0.05, 0) is 32.4 Å². The van der Waals surface area contributed by atoms with Crippen molar-refractivity contribution in [1.82, 2.24) is 10.2 Å². The molecule has 2 heterocycles. The minimum absolute atomic E-state index is 0.0914. The number of rotatable bonds is 3. The molecule has 3 atom stereocenters. The van der Waals surface area contributed by atoms with Gasteiger partial charge in [0.05, 0.1) is 0 Å². The molecule has 1 saturated heterocycles. The maximum absolute atomic E-state index is 12.8. The Hall–Kier alpha value is -2.04. The number of fused-ring (bicyclic) bond motifs is 4. The van der Waals surface area contributed by atoms with Crippen molar-refractivity contribution < 1.29 is 14.3 Å². The first-order valence-corrected chi connectivity index (χ1v) is 7.88. The van der Waals surface area contributed by atoms with Gasteiger partial charge < -0.3 is 15.0 Å². The minimum atomic E-state index is -0.726. The van der Waals surface area contributed by atoms with Crippen LogP contribution in [-0.4, -0.2) is 35.5 Å². The van der Waals surface area contributed by atoms with Crippen molar-refractivity contribution in [3.05, 3.63) is 29.8 Å². The number of ether oxygens (including phenoxy) is 1. The molecule has 1 aromatic carbocycles. The predicted molar refractivity (Wildman–Crippen MR) is 82.4 cm³/mol. The quantitative estimate of drug-likeness (QED) is 0.867. The number of para-hydroxylation sites is 1. The van der Waals surface area contributed by atoms with E-state index in [0.29, 0.717) is 19.5 Å². The van der Waals surface area contributed by atoms with E-state index in [4.69, 9.17) is 4.74 Å². The van der Waals surface area contributed by atoms with E-state index in [-0.39, 0.29) is 17.7 Å². The van der Waals surface area contributed by atoms with Crippen LogP contribution < -0.4 is 10.1 Å². The van der Waals surface area contributed by atoms with Crippen LogP contribution in [0, 0.1) is 5.92 Å². The van der Waals surface area contributed by atoms with Crippen LogP contribution in [0.25, 0.3) is 0 Å². The molecule has 1 fully saturated rings. The molecule has 0 aliphatic carbocycles. The van der Waals surface area contributed by atoms with E-state index in [1.165, 1.54) is 0 Å².